The Bertz CT molecular complexity index is 603. The van der Waals surface area contributed by atoms with E-state index in [4.69, 9.17) is 5.11 Å². The lowest BCUT2D eigenvalue weighted by Crippen LogP contribution is -2.45. The number of piperidine rings is 1. The average Bonchev–Trinajstić information content (AvgIpc) is 2.44. The third-order valence-corrected chi connectivity index (χ3v) is 3.64. The number of carboxylic acids is 1. The van der Waals surface area contributed by atoms with Crippen LogP contribution >= 0.6 is 0 Å². The van der Waals surface area contributed by atoms with Crippen LogP contribution in [-0.4, -0.2) is 41.3 Å². The number of aliphatic carboxylic acids is 1. The highest BCUT2D eigenvalue weighted by Gasteiger charge is 2.36. The monoisotopic (exact) mass is 331 g/mol. The first-order valence-corrected chi connectivity index (χ1v) is 7.04. The summed E-state index contributed by atoms with van der Waals surface area (Å²) in [6, 6.07) is 5.05. The van der Waals surface area contributed by atoms with E-state index in [9.17, 15) is 22.8 Å². The van der Waals surface area contributed by atoms with Crippen LogP contribution in [0.3, 0.4) is 0 Å². The van der Waals surface area contributed by atoms with Crippen LogP contribution in [0.15, 0.2) is 24.3 Å². The minimum atomic E-state index is -4.91. The van der Waals surface area contributed by atoms with Crippen molar-refractivity contribution < 1.29 is 32.6 Å². The first-order chi connectivity index (χ1) is 10.7. The first kappa shape index (κ1) is 17.1. The van der Waals surface area contributed by atoms with Gasteiger partial charge in [-0.15, -0.1) is 13.2 Å². The fourth-order valence-corrected chi connectivity index (χ4v) is 2.72. The number of hydrogen-bond donors (Lipinski definition) is 1. The molecule has 1 aromatic rings. The Labute approximate surface area is 130 Å². The highest BCUT2D eigenvalue weighted by Crippen LogP contribution is 2.29. The summed E-state index contributed by atoms with van der Waals surface area (Å²) in [5.74, 6) is -3.05. The number of amides is 1. The average molecular weight is 331 g/mol. The standard InChI is InChI=1S/C15H16F3NO4/c1-9-6-10(14(21)22)8-19(7-9)13(20)11-4-2-3-5-12(11)23-15(16,17)18/h2-5,9-10H,6-8H2,1H3,(H,21,22). The maximum atomic E-state index is 12.5. The molecule has 23 heavy (non-hydrogen) atoms. The molecule has 126 valence electrons. The molecule has 1 fully saturated rings. The van der Waals surface area contributed by atoms with Crippen molar-refractivity contribution in [2.45, 2.75) is 19.7 Å². The summed E-state index contributed by atoms with van der Waals surface area (Å²) in [6.45, 7) is 2.06. The molecule has 1 aliphatic heterocycles. The molecule has 2 atom stereocenters. The molecule has 1 amide bonds. The number of carbonyl (C=O) groups excluding carboxylic acids is 1. The van der Waals surface area contributed by atoms with Gasteiger partial charge in [-0.1, -0.05) is 19.1 Å². The third-order valence-electron chi connectivity index (χ3n) is 3.64. The lowest BCUT2D eigenvalue weighted by atomic mass is 9.90. The number of benzene rings is 1. The minimum Gasteiger partial charge on any atom is -0.481 e. The Hall–Kier alpha value is -2.25. The van der Waals surface area contributed by atoms with E-state index in [2.05, 4.69) is 4.74 Å². The van der Waals surface area contributed by atoms with Gasteiger partial charge in [0.05, 0.1) is 11.5 Å². The zero-order chi connectivity index (χ0) is 17.2. The second-order valence-electron chi connectivity index (χ2n) is 5.63. The quantitative estimate of drug-likeness (QED) is 0.925. The predicted molar refractivity (Wildman–Crippen MR) is 73.9 cm³/mol. The molecular formula is C15H16F3NO4. The highest BCUT2D eigenvalue weighted by molar-refractivity contribution is 5.97. The van der Waals surface area contributed by atoms with Gasteiger partial charge < -0.3 is 14.7 Å². The second kappa shape index (κ2) is 6.47. The van der Waals surface area contributed by atoms with Gasteiger partial charge in [-0.25, -0.2) is 0 Å². The van der Waals surface area contributed by atoms with Crippen LogP contribution in [0.25, 0.3) is 0 Å². The van der Waals surface area contributed by atoms with Gasteiger partial charge >= 0.3 is 12.3 Å². The largest absolute Gasteiger partial charge is 0.573 e. The van der Waals surface area contributed by atoms with Crippen LogP contribution in [-0.2, 0) is 4.79 Å². The Balaban J connectivity index is 2.24. The summed E-state index contributed by atoms with van der Waals surface area (Å²) >= 11 is 0. The number of nitrogens with zero attached hydrogens (tertiary/aromatic N) is 1. The summed E-state index contributed by atoms with van der Waals surface area (Å²) in [7, 11) is 0. The SMILES string of the molecule is CC1CC(C(=O)O)CN(C(=O)c2ccccc2OC(F)(F)F)C1. The number of halogens is 3. The maximum Gasteiger partial charge on any atom is 0.573 e. The Morgan fingerprint density at radius 3 is 2.52 bits per heavy atom. The van der Waals surface area contributed by atoms with Crippen LogP contribution in [0.1, 0.15) is 23.7 Å². The zero-order valence-electron chi connectivity index (χ0n) is 12.3. The lowest BCUT2D eigenvalue weighted by molar-refractivity contribution is -0.274. The van der Waals surface area contributed by atoms with Crippen molar-refractivity contribution in [2.75, 3.05) is 13.1 Å². The van der Waals surface area contributed by atoms with Crippen molar-refractivity contribution in [1.82, 2.24) is 4.90 Å². The summed E-state index contributed by atoms with van der Waals surface area (Å²) < 4.78 is 41.2. The molecule has 2 rings (SSSR count). The van der Waals surface area contributed by atoms with Crippen LogP contribution in [0.4, 0.5) is 13.2 Å². The van der Waals surface area contributed by atoms with Crippen molar-refractivity contribution in [3.63, 3.8) is 0 Å². The Morgan fingerprint density at radius 1 is 1.26 bits per heavy atom. The van der Waals surface area contributed by atoms with E-state index >= 15 is 0 Å². The molecule has 1 aliphatic rings. The van der Waals surface area contributed by atoms with Crippen molar-refractivity contribution >= 4 is 11.9 Å². The number of rotatable bonds is 3. The van der Waals surface area contributed by atoms with Gasteiger partial charge in [-0.3, -0.25) is 9.59 Å². The smallest absolute Gasteiger partial charge is 0.481 e. The van der Waals surface area contributed by atoms with Crippen molar-refractivity contribution in [3.05, 3.63) is 29.8 Å². The topological polar surface area (TPSA) is 66.8 Å². The van der Waals surface area contributed by atoms with Crippen molar-refractivity contribution in [2.24, 2.45) is 11.8 Å². The molecular weight excluding hydrogens is 315 g/mol. The number of alkyl halides is 3. The molecule has 5 nitrogen and oxygen atoms in total. The van der Waals surface area contributed by atoms with Gasteiger partial charge in [-0.05, 0) is 24.5 Å². The molecule has 8 heteroatoms. The molecule has 0 bridgehead atoms. The molecule has 0 aliphatic carbocycles. The first-order valence-electron chi connectivity index (χ1n) is 7.04. The maximum absolute atomic E-state index is 12.5. The van der Waals surface area contributed by atoms with E-state index in [1.165, 1.54) is 23.1 Å². The number of carbonyl (C=O) groups is 2. The summed E-state index contributed by atoms with van der Waals surface area (Å²) in [4.78, 5) is 24.9. The number of para-hydroxylation sites is 1. The van der Waals surface area contributed by atoms with Crippen LogP contribution in [0.5, 0.6) is 5.75 Å². The summed E-state index contributed by atoms with van der Waals surface area (Å²) in [5.41, 5.74) is -0.233. The van der Waals surface area contributed by atoms with E-state index < -0.39 is 29.9 Å². The van der Waals surface area contributed by atoms with Gasteiger partial charge in [0.2, 0.25) is 0 Å². The normalized spacial score (nSPS) is 21.8. The summed E-state index contributed by atoms with van der Waals surface area (Å²) in [6.07, 6.45) is -4.48. The van der Waals surface area contributed by atoms with Crippen LogP contribution in [0, 0.1) is 11.8 Å². The number of ether oxygens (including phenoxy) is 1. The molecule has 0 saturated carbocycles. The van der Waals surface area contributed by atoms with Crippen molar-refractivity contribution in [1.29, 1.82) is 0 Å². The predicted octanol–water partition coefficient (Wildman–Crippen LogP) is 2.77. The van der Waals surface area contributed by atoms with Crippen LogP contribution in [0.2, 0.25) is 0 Å². The molecule has 1 saturated heterocycles. The van der Waals surface area contributed by atoms with Crippen molar-refractivity contribution in [3.8, 4) is 5.75 Å². The fraction of sp³-hybridized carbons (Fsp3) is 0.467. The fourth-order valence-electron chi connectivity index (χ4n) is 2.72. The van der Waals surface area contributed by atoms with Gasteiger partial charge in [0.25, 0.3) is 5.91 Å². The lowest BCUT2D eigenvalue weighted by Gasteiger charge is -2.35. The van der Waals surface area contributed by atoms with E-state index in [-0.39, 0.29) is 18.0 Å². The second-order valence-corrected chi connectivity index (χ2v) is 5.63. The zero-order valence-corrected chi connectivity index (χ0v) is 12.3. The molecule has 1 N–H and O–H groups in total. The number of carboxylic acid groups (broad SMARTS) is 1. The Morgan fingerprint density at radius 2 is 1.91 bits per heavy atom. The molecule has 0 radical (unpaired) electrons. The van der Waals surface area contributed by atoms with E-state index in [0.717, 1.165) is 6.07 Å². The summed E-state index contributed by atoms with van der Waals surface area (Å²) in [5, 5.41) is 9.12. The van der Waals surface area contributed by atoms with Gasteiger partial charge in [0.15, 0.2) is 0 Å². The molecule has 1 aromatic carbocycles. The third kappa shape index (κ3) is 4.37. The van der Waals surface area contributed by atoms with E-state index in [1.54, 1.807) is 6.92 Å². The van der Waals surface area contributed by atoms with Gasteiger partial charge in [0, 0.05) is 13.1 Å². The Kier molecular flexibility index (Phi) is 4.82. The highest BCUT2D eigenvalue weighted by atomic mass is 19.4. The van der Waals surface area contributed by atoms with Crippen LogP contribution < -0.4 is 4.74 Å². The molecule has 0 aromatic heterocycles. The van der Waals surface area contributed by atoms with E-state index in [0.29, 0.717) is 13.0 Å². The number of hydrogen-bond acceptors (Lipinski definition) is 3. The van der Waals surface area contributed by atoms with Gasteiger partial charge in [-0.2, -0.15) is 0 Å². The molecule has 0 spiro atoms. The molecule has 1 heterocycles. The minimum absolute atomic E-state index is 0.0289. The number of likely N-dealkylation sites (tertiary alicyclic amines) is 1. The van der Waals surface area contributed by atoms with E-state index in [1.807, 2.05) is 0 Å². The van der Waals surface area contributed by atoms with Gasteiger partial charge in [0.1, 0.15) is 5.75 Å². The molecule has 2 unspecified atom stereocenters.